The number of nitrogens with one attached hydrogen (secondary N) is 1. The summed E-state index contributed by atoms with van der Waals surface area (Å²) in [6.07, 6.45) is 0.954. The molecule has 1 unspecified atom stereocenters. The van der Waals surface area contributed by atoms with E-state index in [1.807, 2.05) is 18.2 Å². The lowest BCUT2D eigenvalue weighted by atomic mass is 9.98. The molecule has 5 heteroatoms. The molecule has 21 heavy (non-hydrogen) atoms. The molecule has 0 aliphatic heterocycles. The lowest BCUT2D eigenvalue weighted by molar-refractivity contribution is 0.547. The fourth-order valence-corrected chi connectivity index (χ4v) is 2.72. The van der Waals surface area contributed by atoms with Crippen molar-refractivity contribution in [2.75, 3.05) is 6.54 Å². The molecule has 1 atom stereocenters. The van der Waals surface area contributed by atoms with Gasteiger partial charge in [-0.3, -0.25) is 0 Å². The minimum Gasteiger partial charge on any atom is -0.306 e. The van der Waals surface area contributed by atoms with E-state index in [-0.39, 0.29) is 11.9 Å². The second-order valence-electron chi connectivity index (χ2n) is 4.73. The van der Waals surface area contributed by atoms with Crippen LogP contribution in [0.25, 0.3) is 0 Å². The van der Waals surface area contributed by atoms with Crippen LogP contribution in [0.15, 0.2) is 40.9 Å². The third-order valence-corrected chi connectivity index (χ3v) is 4.62. The SMILES string of the molecule is CCCNC(c1ccc(Br)c(Cl)c1)c1ccc(Cl)cc1F. The van der Waals surface area contributed by atoms with Crippen molar-refractivity contribution >= 4 is 39.1 Å². The van der Waals surface area contributed by atoms with Crippen LogP contribution >= 0.6 is 39.1 Å². The molecule has 0 saturated heterocycles. The van der Waals surface area contributed by atoms with E-state index in [0.29, 0.717) is 15.6 Å². The van der Waals surface area contributed by atoms with E-state index in [9.17, 15) is 4.39 Å². The van der Waals surface area contributed by atoms with Crippen molar-refractivity contribution in [1.82, 2.24) is 5.32 Å². The number of benzene rings is 2. The van der Waals surface area contributed by atoms with Gasteiger partial charge in [0.2, 0.25) is 0 Å². The second-order valence-corrected chi connectivity index (χ2v) is 6.42. The Hall–Kier alpha value is -0.610. The van der Waals surface area contributed by atoms with Gasteiger partial charge < -0.3 is 5.32 Å². The molecule has 0 spiro atoms. The topological polar surface area (TPSA) is 12.0 Å². The van der Waals surface area contributed by atoms with Crippen LogP contribution in [-0.2, 0) is 0 Å². The zero-order valence-corrected chi connectivity index (χ0v) is 14.6. The van der Waals surface area contributed by atoms with Crippen LogP contribution in [0, 0.1) is 5.82 Å². The van der Waals surface area contributed by atoms with Crippen molar-refractivity contribution in [2.45, 2.75) is 19.4 Å². The summed E-state index contributed by atoms with van der Waals surface area (Å²) in [4.78, 5) is 0. The monoisotopic (exact) mass is 389 g/mol. The molecule has 1 N–H and O–H groups in total. The summed E-state index contributed by atoms with van der Waals surface area (Å²) in [5.74, 6) is -0.324. The van der Waals surface area contributed by atoms with Crippen LogP contribution in [0.5, 0.6) is 0 Å². The van der Waals surface area contributed by atoms with Gasteiger partial charge in [0.05, 0.1) is 11.1 Å². The molecule has 0 fully saturated rings. The molecule has 0 bridgehead atoms. The van der Waals surface area contributed by atoms with Gasteiger partial charge in [0.15, 0.2) is 0 Å². The summed E-state index contributed by atoms with van der Waals surface area (Å²) in [5, 5.41) is 4.34. The smallest absolute Gasteiger partial charge is 0.129 e. The van der Waals surface area contributed by atoms with E-state index in [2.05, 4.69) is 28.2 Å². The van der Waals surface area contributed by atoms with Crippen LogP contribution in [-0.4, -0.2) is 6.54 Å². The molecule has 0 aromatic heterocycles. The first-order chi connectivity index (χ1) is 10.0. The summed E-state index contributed by atoms with van der Waals surface area (Å²) in [6, 6.07) is 10.1. The van der Waals surface area contributed by atoms with Gasteiger partial charge in [-0.25, -0.2) is 4.39 Å². The molecule has 2 aromatic rings. The molecular weight excluding hydrogens is 376 g/mol. The van der Waals surface area contributed by atoms with Crippen LogP contribution in [0.3, 0.4) is 0 Å². The van der Waals surface area contributed by atoms with Crippen LogP contribution < -0.4 is 5.32 Å². The highest BCUT2D eigenvalue weighted by Gasteiger charge is 2.18. The Bertz CT molecular complexity index is 634. The highest BCUT2D eigenvalue weighted by Crippen LogP contribution is 2.31. The van der Waals surface area contributed by atoms with E-state index in [4.69, 9.17) is 23.2 Å². The maximum atomic E-state index is 14.2. The van der Waals surface area contributed by atoms with Crippen LogP contribution in [0.2, 0.25) is 10.0 Å². The number of rotatable bonds is 5. The first kappa shape index (κ1) is 16.8. The van der Waals surface area contributed by atoms with Crippen molar-refractivity contribution in [3.8, 4) is 0 Å². The normalized spacial score (nSPS) is 12.4. The van der Waals surface area contributed by atoms with Gasteiger partial charge in [0.1, 0.15) is 5.82 Å². The van der Waals surface area contributed by atoms with E-state index in [1.165, 1.54) is 6.07 Å². The van der Waals surface area contributed by atoms with Gasteiger partial charge >= 0.3 is 0 Å². The fourth-order valence-electron chi connectivity index (χ4n) is 2.12. The highest BCUT2D eigenvalue weighted by atomic mass is 79.9. The van der Waals surface area contributed by atoms with Crippen LogP contribution in [0.1, 0.15) is 30.5 Å². The summed E-state index contributed by atoms with van der Waals surface area (Å²) in [7, 11) is 0. The predicted octanol–water partition coefficient (Wildman–Crippen LogP) is 5.98. The molecule has 0 heterocycles. The molecule has 1 nitrogen and oxygen atoms in total. The Labute approximate surface area is 142 Å². The fraction of sp³-hybridized carbons (Fsp3) is 0.250. The molecule has 0 aliphatic rings. The molecule has 2 rings (SSSR count). The largest absolute Gasteiger partial charge is 0.306 e. The van der Waals surface area contributed by atoms with Gasteiger partial charge in [-0.2, -0.15) is 0 Å². The number of hydrogen-bond acceptors (Lipinski definition) is 1. The molecule has 0 aliphatic carbocycles. The van der Waals surface area contributed by atoms with E-state index in [1.54, 1.807) is 12.1 Å². The molecule has 0 saturated carbocycles. The lowest BCUT2D eigenvalue weighted by Crippen LogP contribution is -2.24. The number of halogens is 4. The number of hydrogen-bond donors (Lipinski definition) is 1. The van der Waals surface area contributed by atoms with Crippen molar-refractivity contribution in [1.29, 1.82) is 0 Å². The first-order valence-electron chi connectivity index (χ1n) is 6.66. The zero-order valence-electron chi connectivity index (χ0n) is 11.5. The van der Waals surface area contributed by atoms with Gasteiger partial charge in [-0.05, 0) is 58.7 Å². The minimum absolute atomic E-state index is 0.257. The van der Waals surface area contributed by atoms with Gasteiger partial charge in [0, 0.05) is 15.1 Å². The Kier molecular flexibility index (Phi) is 6.06. The van der Waals surface area contributed by atoms with Crippen molar-refractivity contribution in [3.63, 3.8) is 0 Å². The third kappa shape index (κ3) is 4.19. The lowest BCUT2D eigenvalue weighted by Gasteiger charge is -2.21. The molecule has 2 aromatic carbocycles. The first-order valence-corrected chi connectivity index (χ1v) is 8.21. The van der Waals surface area contributed by atoms with E-state index in [0.717, 1.165) is 23.0 Å². The summed E-state index contributed by atoms with van der Waals surface area (Å²) in [5.41, 5.74) is 1.48. The van der Waals surface area contributed by atoms with Gasteiger partial charge in [-0.15, -0.1) is 0 Å². The maximum Gasteiger partial charge on any atom is 0.129 e. The molecule has 0 amide bonds. The zero-order chi connectivity index (χ0) is 15.4. The van der Waals surface area contributed by atoms with E-state index < -0.39 is 0 Å². The second kappa shape index (κ2) is 7.59. The summed E-state index contributed by atoms with van der Waals surface area (Å²) in [6.45, 7) is 2.84. The minimum atomic E-state index is -0.324. The van der Waals surface area contributed by atoms with Gasteiger partial charge in [0.25, 0.3) is 0 Å². The van der Waals surface area contributed by atoms with Crippen LogP contribution in [0.4, 0.5) is 4.39 Å². The average Bonchev–Trinajstić information content (AvgIpc) is 2.44. The standard InChI is InChI=1S/C16H15BrCl2FN/c1-2-7-21-16(10-3-6-13(17)14(19)8-10)12-5-4-11(18)9-15(12)20/h3-6,8-9,16,21H,2,7H2,1H3. The summed E-state index contributed by atoms with van der Waals surface area (Å²) >= 11 is 15.4. The van der Waals surface area contributed by atoms with E-state index >= 15 is 0 Å². The maximum absolute atomic E-state index is 14.2. The third-order valence-electron chi connectivity index (χ3n) is 3.15. The van der Waals surface area contributed by atoms with Crippen molar-refractivity contribution < 1.29 is 4.39 Å². The molecule has 112 valence electrons. The average molecular weight is 391 g/mol. The summed E-state index contributed by atoms with van der Waals surface area (Å²) < 4.78 is 15.0. The Morgan fingerprint density at radius 2 is 1.95 bits per heavy atom. The predicted molar refractivity (Wildman–Crippen MR) is 90.7 cm³/mol. The Morgan fingerprint density at radius 3 is 2.57 bits per heavy atom. The Balaban J connectivity index is 2.44. The van der Waals surface area contributed by atoms with Crippen molar-refractivity contribution in [3.05, 3.63) is 67.9 Å². The molecule has 0 radical (unpaired) electrons. The molecular formula is C16H15BrCl2FN. The van der Waals surface area contributed by atoms with Gasteiger partial charge in [-0.1, -0.05) is 42.3 Å². The quantitative estimate of drug-likeness (QED) is 0.661. The van der Waals surface area contributed by atoms with Crippen molar-refractivity contribution in [2.24, 2.45) is 0 Å². The highest BCUT2D eigenvalue weighted by molar-refractivity contribution is 9.10. The Morgan fingerprint density at radius 1 is 1.19 bits per heavy atom.